The Labute approximate surface area is 157 Å². The molecule has 27 heavy (non-hydrogen) atoms. The number of aromatic nitrogens is 1. The van der Waals surface area contributed by atoms with Crippen molar-refractivity contribution in [1.29, 1.82) is 0 Å². The van der Waals surface area contributed by atoms with E-state index in [9.17, 15) is 14.0 Å². The van der Waals surface area contributed by atoms with E-state index in [1.807, 2.05) is 6.92 Å². The fourth-order valence-electron chi connectivity index (χ4n) is 2.71. The number of nitrogens with zero attached hydrogens (tertiary/aromatic N) is 1. The fraction of sp³-hybridized carbons (Fsp3) is 0.0500. The quantitative estimate of drug-likeness (QED) is 0.527. The highest BCUT2D eigenvalue weighted by atomic mass is 32.1. The van der Waals surface area contributed by atoms with Crippen LogP contribution in [0.25, 0.3) is 22.2 Å². The van der Waals surface area contributed by atoms with Gasteiger partial charge in [-0.25, -0.2) is 14.2 Å². The second kappa shape index (κ2) is 6.77. The van der Waals surface area contributed by atoms with Gasteiger partial charge in [-0.2, -0.15) is 0 Å². The minimum Gasteiger partial charge on any atom is -0.422 e. The lowest BCUT2D eigenvalue weighted by atomic mass is 10.1. The van der Waals surface area contributed by atoms with E-state index in [2.05, 4.69) is 10.3 Å². The first-order valence-corrected chi connectivity index (χ1v) is 8.90. The molecule has 0 atom stereocenters. The van der Waals surface area contributed by atoms with Crippen molar-refractivity contribution in [2.45, 2.75) is 6.92 Å². The molecule has 5 nitrogen and oxygen atoms in total. The molecule has 0 aliphatic carbocycles. The van der Waals surface area contributed by atoms with E-state index in [1.165, 1.54) is 29.5 Å². The van der Waals surface area contributed by atoms with E-state index in [4.69, 9.17) is 4.42 Å². The lowest BCUT2D eigenvalue weighted by Crippen LogP contribution is -2.20. The van der Waals surface area contributed by atoms with Crippen LogP contribution in [0.5, 0.6) is 0 Å². The molecular weight excluding hydrogens is 367 g/mol. The number of hydrogen-bond acceptors (Lipinski definition) is 5. The van der Waals surface area contributed by atoms with Gasteiger partial charge in [0.2, 0.25) is 0 Å². The number of fused-ring (bicyclic) bond motifs is 1. The summed E-state index contributed by atoms with van der Waals surface area (Å²) in [4.78, 5) is 29.9. The molecule has 0 radical (unpaired) electrons. The van der Waals surface area contributed by atoms with Gasteiger partial charge in [-0.3, -0.25) is 10.1 Å². The van der Waals surface area contributed by atoms with E-state index in [0.29, 0.717) is 21.8 Å². The Morgan fingerprint density at radius 1 is 1.15 bits per heavy atom. The number of aryl methyl sites for hydroxylation is 1. The first-order chi connectivity index (χ1) is 13.0. The highest BCUT2D eigenvalue weighted by molar-refractivity contribution is 7.16. The molecule has 0 aliphatic heterocycles. The molecule has 0 unspecified atom stereocenters. The standard InChI is InChI=1S/C20H13FN2O3S/c1-11-17(12-6-8-14(21)9-7-12)22-20(27-11)23-18(24)15-10-13-4-2-3-5-16(13)26-19(15)25/h2-10H,1H3,(H,22,23,24). The number of carbonyl (C=O) groups is 1. The fourth-order valence-corrected chi connectivity index (χ4v) is 3.54. The first kappa shape index (κ1) is 17.1. The number of anilines is 1. The Morgan fingerprint density at radius 2 is 1.89 bits per heavy atom. The molecule has 2 aromatic heterocycles. The maximum Gasteiger partial charge on any atom is 0.349 e. The van der Waals surface area contributed by atoms with Gasteiger partial charge in [-0.15, -0.1) is 11.3 Å². The zero-order valence-corrected chi connectivity index (χ0v) is 15.0. The lowest BCUT2D eigenvalue weighted by Gasteiger charge is -2.02. The van der Waals surface area contributed by atoms with Crippen LogP contribution in [0.1, 0.15) is 15.2 Å². The summed E-state index contributed by atoms with van der Waals surface area (Å²) in [6.07, 6.45) is 0. The number of rotatable bonds is 3. The first-order valence-electron chi connectivity index (χ1n) is 8.09. The third kappa shape index (κ3) is 3.37. The second-order valence-corrected chi connectivity index (χ2v) is 7.07. The molecule has 0 bridgehead atoms. The van der Waals surface area contributed by atoms with Gasteiger partial charge in [-0.05, 0) is 43.3 Å². The summed E-state index contributed by atoms with van der Waals surface area (Å²) < 4.78 is 18.3. The number of amides is 1. The molecule has 4 rings (SSSR count). The third-order valence-electron chi connectivity index (χ3n) is 4.02. The van der Waals surface area contributed by atoms with Gasteiger partial charge in [0.05, 0.1) is 5.69 Å². The maximum absolute atomic E-state index is 13.1. The normalized spacial score (nSPS) is 10.9. The SMILES string of the molecule is Cc1sc(NC(=O)c2cc3ccccc3oc2=O)nc1-c1ccc(F)cc1. The average Bonchev–Trinajstić information content (AvgIpc) is 3.01. The Kier molecular flexibility index (Phi) is 4.29. The van der Waals surface area contributed by atoms with E-state index in [-0.39, 0.29) is 11.4 Å². The molecule has 0 saturated heterocycles. The van der Waals surface area contributed by atoms with Crippen molar-refractivity contribution in [3.05, 3.63) is 81.3 Å². The van der Waals surface area contributed by atoms with E-state index in [0.717, 1.165) is 10.4 Å². The maximum atomic E-state index is 13.1. The topological polar surface area (TPSA) is 72.2 Å². The summed E-state index contributed by atoms with van der Waals surface area (Å²) in [5.41, 5.74) is 1.02. The van der Waals surface area contributed by atoms with Crippen LogP contribution in [0.3, 0.4) is 0 Å². The van der Waals surface area contributed by atoms with Crippen molar-refractivity contribution in [1.82, 2.24) is 4.98 Å². The molecule has 134 valence electrons. The molecular formula is C20H13FN2O3S. The van der Waals surface area contributed by atoms with Crippen LogP contribution in [0.4, 0.5) is 9.52 Å². The number of carbonyl (C=O) groups excluding carboxylic acids is 1. The molecule has 0 fully saturated rings. The minimum atomic E-state index is -0.710. The average molecular weight is 380 g/mol. The predicted octanol–water partition coefficient (Wildman–Crippen LogP) is 4.62. The number of halogens is 1. The summed E-state index contributed by atoms with van der Waals surface area (Å²) >= 11 is 1.28. The van der Waals surface area contributed by atoms with Crippen LogP contribution in [0.2, 0.25) is 0 Å². The molecule has 2 aromatic carbocycles. The monoisotopic (exact) mass is 380 g/mol. The van der Waals surface area contributed by atoms with Crippen molar-refractivity contribution in [3.8, 4) is 11.3 Å². The lowest BCUT2D eigenvalue weighted by molar-refractivity contribution is 0.102. The summed E-state index contributed by atoms with van der Waals surface area (Å²) in [6.45, 7) is 1.86. The molecule has 4 aromatic rings. The van der Waals surface area contributed by atoms with Crippen molar-refractivity contribution in [2.24, 2.45) is 0 Å². The van der Waals surface area contributed by atoms with Crippen LogP contribution in [-0.2, 0) is 0 Å². The number of thiazole rings is 1. The molecule has 0 saturated carbocycles. The third-order valence-corrected chi connectivity index (χ3v) is 4.91. The van der Waals surface area contributed by atoms with Gasteiger partial charge >= 0.3 is 5.63 Å². The largest absolute Gasteiger partial charge is 0.422 e. The number of benzene rings is 2. The molecule has 7 heteroatoms. The Balaban J connectivity index is 1.64. The van der Waals surface area contributed by atoms with E-state index in [1.54, 1.807) is 36.4 Å². The number of nitrogens with one attached hydrogen (secondary N) is 1. The van der Waals surface area contributed by atoms with Gasteiger partial charge in [-0.1, -0.05) is 18.2 Å². The second-order valence-electron chi connectivity index (χ2n) is 5.87. The molecule has 1 N–H and O–H groups in total. The van der Waals surface area contributed by atoms with Crippen molar-refractivity contribution >= 4 is 33.3 Å². The van der Waals surface area contributed by atoms with Gasteiger partial charge in [0, 0.05) is 15.8 Å². The number of para-hydroxylation sites is 1. The van der Waals surface area contributed by atoms with Crippen LogP contribution in [0.15, 0.2) is 63.8 Å². The van der Waals surface area contributed by atoms with Crippen LogP contribution >= 0.6 is 11.3 Å². The van der Waals surface area contributed by atoms with Crippen LogP contribution in [-0.4, -0.2) is 10.9 Å². The van der Waals surface area contributed by atoms with Crippen molar-refractivity contribution < 1.29 is 13.6 Å². The number of hydrogen-bond donors (Lipinski definition) is 1. The molecule has 0 spiro atoms. The Morgan fingerprint density at radius 3 is 2.67 bits per heavy atom. The summed E-state index contributed by atoms with van der Waals surface area (Å²) in [5.74, 6) is -0.919. The smallest absolute Gasteiger partial charge is 0.349 e. The Bertz CT molecular complexity index is 1210. The van der Waals surface area contributed by atoms with Crippen LogP contribution < -0.4 is 10.9 Å². The van der Waals surface area contributed by atoms with Crippen molar-refractivity contribution in [3.63, 3.8) is 0 Å². The Hall–Kier alpha value is -3.32. The summed E-state index contributed by atoms with van der Waals surface area (Å²) in [7, 11) is 0. The van der Waals surface area contributed by atoms with E-state index < -0.39 is 11.5 Å². The molecule has 1 amide bonds. The van der Waals surface area contributed by atoms with Gasteiger partial charge < -0.3 is 4.42 Å². The van der Waals surface area contributed by atoms with Gasteiger partial charge in [0.1, 0.15) is 17.0 Å². The molecule has 0 aliphatic rings. The molecule has 2 heterocycles. The summed E-state index contributed by atoms with van der Waals surface area (Å²) in [6, 6.07) is 14.4. The highest BCUT2D eigenvalue weighted by Crippen LogP contribution is 2.30. The highest BCUT2D eigenvalue weighted by Gasteiger charge is 2.17. The minimum absolute atomic E-state index is 0.0927. The van der Waals surface area contributed by atoms with Gasteiger partial charge in [0.25, 0.3) is 5.91 Å². The van der Waals surface area contributed by atoms with Crippen molar-refractivity contribution in [2.75, 3.05) is 5.32 Å². The van der Waals surface area contributed by atoms with Crippen LogP contribution in [0, 0.1) is 12.7 Å². The predicted molar refractivity (Wildman–Crippen MR) is 103 cm³/mol. The summed E-state index contributed by atoms with van der Waals surface area (Å²) in [5, 5.41) is 3.65. The zero-order valence-electron chi connectivity index (χ0n) is 14.2. The van der Waals surface area contributed by atoms with Gasteiger partial charge in [0.15, 0.2) is 5.13 Å². The zero-order chi connectivity index (χ0) is 19.0. The van der Waals surface area contributed by atoms with E-state index >= 15 is 0 Å².